The van der Waals surface area contributed by atoms with E-state index in [1.165, 1.54) is 5.56 Å². The zero-order valence-electron chi connectivity index (χ0n) is 18.2. The number of allylic oxidation sites excluding steroid dienone is 1. The van der Waals surface area contributed by atoms with E-state index in [-0.39, 0.29) is 17.6 Å². The predicted molar refractivity (Wildman–Crippen MR) is 128 cm³/mol. The average Bonchev–Trinajstić information content (AvgIpc) is 3.01. The Morgan fingerprint density at radius 1 is 0.906 bits per heavy atom. The van der Waals surface area contributed by atoms with Gasteiger partial charge in [-0.1, -0.05) is 61.5 Å². The summed E-state index contributed by atoms with van der Waals surface area (Å²) in [5.41, 5.74) is 7.13. The molecule has 0 spiro atoms. The second-order valence-corrected chi connectivity index (χ2v) is 8.42. The molecule has 3 aromatic carbocycles. The number of fused-ring (bicyclic) bond motifs is 1. The van der Waals surface area contributed by atoms with E-state index >= 15 is 0 Å². The minimum absolute atomic E-state index is 0.0138. The highest BCUT2D eigenvalue weighted by molar-refractivity contribution is 6.10. The highest BCUT2D eigenvalue weighted by Crippen LogP contribution is 2.41. The highest BCUT2D eigenvalue weighted by atomic mass is 16.1. The molecule has 1 aliphatic carbocycles. The Kier molecular flexibility index (Phi) is 5.36. The van der Waals surface area contributed by atoms with E-state index in [2.05, 4.69) is 41.8 Å². The van der Waals surface area contributed by atoms with Crippen LogP contribution in [0.3, 0.4) is 0 Å². The molecule has 0 saturated carbocycles. The van der Waals surface area contributed by atoms with Crippen LogP contribution in [-0.4, -0.2) is 11.6 Å². The molecule has 1 aliphatic heterocycles. The molecule has 0 aromatic heterocycles. The first-order valence-corrected chi connectivity index (χ1v) is 11.3. The third-order valence-electron chi connectivity index (χ3n) is 6.37. The fraction of sp³-hybridized carbons (Fsp3) is 0.214. The maximum atomic E-state index is 13.0. The second kappa shape index (κ2) is 8.46. The van der Waals surface area contributed by atoms with Crippen molar-refractivity contribution in [3.05, 3.63) is 106 Å². The number of carbonyl (C=O) groups excluding carboxylic acids is 2. The molecule has 0 radical (unpaired) electrons. The molecule has 4 heteroatoms. The van der Waals surface area contributed by atoms with Crippen LogP contribution in [0.5, 0.6) is 0 Å². The molecule has 4 nitrogen and oxygen atoms in total. The lowest BCUT2D eigenvalue weighted by Gasteiger charge is -2.25. The van der Waals surface area contributed by atoms with Gasteiger partial charge >= 0.3 is 0 Å². The van der Waals surface area contributed by atoms with Gasteiger partial charge in [0, 0.05) is 28.8 Å². The summed E-state index contributed by atoms with van der Waals surface area (Å²) in [7, 11) is 0. The molecule has 0 unspecified atom stereocenters. The number of ketones is 2. The number of Topliss-reactive ketones (excluding diaryl/α,β-unsaturated/α-hetero) is 1. The number of anilines is 2. The van der Waals surface area contributed by atoms with Crippen molar-refractivity contribution < 1.29 is 9.59 Å². The van der Waals surface area contributed by atoms with Crippen LogP contribution in [0.2, 0.25) is 0 Å². The van der Waals surface area contributed by atoms with Crippen molar-refractivity contribution in [1.82, 2.24) is 0 Å². The predicted octanol–water partition coefficient (Wildman–Crippen LogP) is 6.07. The molecule has 0 amide bonds. The van der Waals surface area contributed by atoms with E-state index in [0.717, 1.165) is 47.5 Å². The molecule has 2 N–H and O–H groups in total. The van der Waals surface area contributed by atoms with Crippen molar-refractivity contribution in [3.63, 3.8) is 0 Å². The molecule has 5 rings (SSSR count). The van der Waals surface area contributed by atoms with Gasteiger partial charge in [-0.2, -0.15) is 0 Å². The van der Waals surface area contributed by atoms with E-state index < -0.39 is 0 Å². The van der Waals surface area contributed by atoms with Crippen molar-refractivity contribution >= 4 is 22.9 Å². The summed E-state index contributed by atoms with van der Waals surface area (Å²) in [5.74, 6) is 0.171. The molecular weight excluding hydrogens is 396 g/mol. The summed E-state index contributed by atoms with van der Waals surface area (Å²) in [6, 6.07) is 23.3. The summed E-state index contributed by atoms with van der Waals surface area (Å²) in [6.45, 7) is 2.14. The van der Waals surface area contributed by atoms with Crippen LogP contribution in [0.4, 0.5) is 11.4 Å². The third-order valence-corrected chi connectivity index (χ3v) is 6.37. The van der Waals surface area contributed by atoms with Crippen LogP contribution >= 0.6 is 0 Å². The van der Waals surface area contributed by atoms with Gasteiger partial charge < -0.3 is 10.6 Å². The molecule has 1 heterocycles. The molecule has 32 heavy (non-hydrogen) atoms. The Hall–Kier alpha value is -3.66. The number of nitrogens with one attached hydrogen (secondary N) is 2. The van der Waals surface area contributed by atoms with E-state index in [9.17, 15) is 9.59 Å². The SMILES string of the molecule is CCc1ccc([C@@H]2Nc3ccc(C(=O)c4ccccc4)cc3NC3=C2C(=O)CCC3)cc1. The van der Waals surface area contributed by atoms with Gasteiger partial charge in [-0.3, -0.25) is 9.59 Å². The van der Waals surface area contributed by atoms with Crippen molar-refractivity contribution in [1.29, 1.82) is 0 Å². The Morgan fingerprint density at radius 2 is 1.69 bits per heavy atom. The molecule has 1 atom stereocenters. The van der Waals surface area contributed by atoms with Gasteiger partial charge in [0.05, 0.1) is 17.4 Å². The van der Waals surface area contributed by atoms with Gasteiger partial charge in [0.2, 0.25) is 0 Å². The lowest BCUT2D eigenvalue weighted by atomic mass is 9.86. The van der Waals surface area contributed by atoms with Crippen molar-refractivity contribution in [3.8, 4) is 0 Å². The zero-order valence-corrected chi connectivity index (χ0v) is 18.2. The van der Waals surface area contributed by atoms with Crippen LogP contribution in [0.15, 0.2) is 84.1 Å². The van der Waals surface area contributed by atoms with Gasteiger partial charge in [-0.25, -0.2) is 0 Å². The normalized spacial score (nSPS) is 17.5. The van der Waals surface area contributed by atoms with Gasteiger partial charge in [-0.15, -0.1) is 0 Å². The number of benzene rings is 3. The third kappa shape index (κ3) is 3.73. The van der Waals surface area contributed by atoms with Crippen molar-refractivity contribution in [2.24, 2.45) is 0 Å². The lowest BCUT2D eigenvalue weighted by molar-refractivity contribution is -0.116. The largest absolute Gasteiger partial charge is 0.372 e. The summed E-state index contributed by atoms with van der Waals surface area (Å²) in [6.07, 6.45) is 3.21. The Balaban J connectivity index is 1.56. The maximum absolute atomic E-state index is 13.0. The quantitative estimate of drug-likeness (QED) is 0.501. The molecule has 2 aliphatic rings. The monoisotopic (exact) mass is 422 g/mol. The number of carbonyl (C=O) groups is 2. The van der Waals surface area contributed by atoms with Crippen LogP contribution in [-0.2, 0) is 11.2 Å². The van der Waals surface area contributed by atoms with E-state index in [1.807, 2.05) is 48.5 Å². The number of hydrogen-bond donors (Lipinski definition) is 2. The minimum Gasteiger partial charge on any atom is -0.372 e. The molecule has 3 aromatic rings. The van der Waals surface area contributed by atoms with Gasteiger partial charge in [0.1, 0.15) is 0 Å². The zero-order chi connectivity index (χ0) is 22.1. The number of aryl methyl sites for hydroxylation is 1. The first kappa shape index (κ1) is 20.3. The fourth-order valence-corrected chi connectivity index (χ4v) is 4.59. The molecule has 0 saturated heterocycles. The lowest BCUT2D eigenvalue weighted by Crippen LogP contribution is -2.23. The Morgan fingerprint density at radius 3 is 2.44 bits per heavy atom. The molecule has 0 bridgehead atoms. The Labute approximate surface area is 188 Å². The van der Waals surface area contributed by atoms with Crippen LogP contribution < -0.4 is 10.6 Å². The second-order valence-electron chi connectivity index (χ2n) is 8.42. The topological polar surface area (TPSA) is 58.2 Å². The maximum Gasteiger partial charge on any atom is 0.193 e. The van der Waals surface area contributed by atoms with E-state index in [4.69, 9.17) is 0 Å². The van der Waals surface area contributed by atoms with Crippen LogP contribution in [0, 0.1) is 0 Å². The first-order chi connectivity index (χ1) is 15.6. The van der Waals surface area contributed by atoms with Crippen LogP contribution in [0.25, 0.3) is 0 Å². The van der Waals surface area contributed by atoms with Crippen molar-refractivity contribution in [2.75, 3.05) is 10.6 Å². The fourth-order valence-electron chi connectivity index (χ4n) is 4.59. The summed E-state index contributed by atoms with van der Waals surface area (Å²) < 4.78 is 0. The Bertz CT molecular complexity index is 1210. The van der Waals surface area contributed by atoms with Crippen LogP contribution in [0.1, 0.15) is 59.3 Å². The highest BCUT2D eigenvalue weighted by Gasteiger charge is 2.32. The van der Waals surface area contributed by atoms with E-state index in [0.29, 0.717) is 17.5 Å². The van der Waals surface area contributed by atoms with E-state index in [1.54, 1.807) is 0 Å². The molecular formula is C28H26N2O2. The van der Waals surface area contributed by atoms with Crippen molar-refractivity contribution in [2.45, 2.75) is 38.6 Å². The molecule has 0 fully saturated rings. The standard InChI is InChI=1S/C28H26N2O2/c1-2-18-11-13-19(14-12-18)27-26-23(9-6-10-25(26)31)29-24-17-21(15-16-22(24)30-27)28(32)20-7-4-3-5-8-20/h3-5,7-8,11-17,27,29-30H,2,6,9-10H2,1H3/t27-/m0/s1. The van der Waals surface area contributed by atoms with Gasteiger partial charge in [-0.05, 0) is 48.6 Å². The minimum atomic E-state index is -0.215. The summed E-state index contributed by atoms with van der Waals surface area (Å²) >= 11 is 0. The van der Waals surface area contributed by atoms with Gasteiger partial charge in [0.25, 0.3) is 0 Å². The summed E-state index contributed by atoms with van der Waals surface area (Å²) in [4.78, 5) is 26.0. The summed E-state index contributed by atoms with van der Waals surface area (Å²) in [5, 5.41) is 7.10. The average molecular weight is 423 g/mol. The smallest absolute Gasteiger partial charge is 0.193 e. The first-order valence-electron chi connectivity index (χ1n) is 11.3. The number of rotatable bonds is 4. The molecule has 160 valence electrons. The number of hydrogen-bond acceptors (Lipinski definition) is 4. The van der Waals surface area contributed by atoms with Gasteiger partial charge in [0.15, 0.2) is 11.6 Å².